The summed E-state index contributed by atoms with van der Waals surface area (Å²) in [6, 6.07) is 0.882. The summed E-state index contributed by atoms with van der Waals surface area (Å²) in [6.07, 6.45) is 5.55. The second-order valence-corrected chi connectivity index (χ2v) is 5.88. The summed E-state index contributed by atoms with van der Waals surface area (Å²) in [5, 5.41) is 3.67. The van der Waals surface area contributed by atoms with Gasteiger partial charge in [0.25, 0.3) is 0 Å². The Balaban J connectivity index is 1.92. The van der Waals surface area contributed by atoms with Crippen LogP contribution in [0.25, 0.3) is 0 Å². The molecular formula is C13H26N2. The van der Waals surface area contributed by atoms with Gasteiger partial charge in [-0.1, -0.05) is 13.8 Å². The normalized spacial score (nSPS) is 43.4. The molecule has 1 aliphatic heterocycles. The predicted octanol–water partition coefficient (Wildman–Crippen LogP) is 2.25. The summed E-state index contributed by atoms with van der Waals surface area (Å²) in [5.74, 6) is 0.956. The van der Waals surface area contributed by atoms with Crippen LogP contribution in [0.1, 0.15) is 46.5 Å². The first kappa shape index (κ1) is 11.4. The SMILES string of the molecule is CCC1(C)CN(C2CCC(C)C2)CCN1. The first-order chi connectivity index (χ1) is 7.13. The molecule has 2 heteroatoms. The van der Waals surface area contributed by atoms with Crippen LogP contribution in [-0.2, 0) is 0 Å². The van der Waals surface area contributed by atoms with Gasteiger partial charge < -0.3 is 5.32 Å². The van der Waals surface area contributed by atoms with E-state index < -0.39 is 0 Å². The van der Waals surface area contributed by atoms with Crippen LogP contribution >= 0.6 is 0 Å². The van der Waals surface area contributed by atoms with Crippen LogP contribution < -0.4 is 5.32 Å². The molecule has 1 saturated heterocycles. The second-order valence-electron chi connectivity index (χ2n) is 5.88. The number of hydrogen-bond acceptors (Lipinski definition) is 2. The van der Waals surface area contributed by atoms with Gasteiger partial charge in [0.05, 0.1) is 0 Å². The summed E-state index contributed by atoms with van der Waals surface area (Å²) in [7, 11) is 0. The molecule has 0 radical (unpaired) electrons. The zero-order valence-corrected chi connectivity index (χ0v) is 10.6. The quantitative estimate of drug-likeness (QED) is 0.752. The largest absolute Gasteiger partial charge is 0.309 e. The van der Waals surface area contributed by atoms with Crippen LogP contribution in [0, 0.1) is 5.92 Å². The van der Waals surface area contributed by atoms with Crippen LogP contribution in [0.2, 0.25) is 0 Å². The molecule has 1 aliphatic carbocycles. The molecular weight excluding hydrogens is 184 g/mol. The van der Waals surface area contributed by atoms with Crippen LogP contribution in [0.5, 0.6) is 0 Å². The van der Waals surface area contributed by atoms with Gasteiger partial charge in [0, 0.05) is 31.2 Å². The average molecular weight is 210 g/mol. The van der Waals surface area contributed by atoms with Gasteiger partial charge in [0.2, 0.25) is 0 Å². The molecule has 1 N–H and O–H groups in total. The van der Waals surface area contributed by atoms with Gasteiger partial charge in [-0.15, -0.1) is 0 Å². The van der Waals surface area contributed by atoms with Crippen LogP contribution in [-0.4, -0.2) is 36.1 Å². The van der Waals surface area contributed by atoms with Crippen molar-refractivity contribution in [1.82, 2.24) is 10.2 Å². The number of nitrogens with zero attached hydrogens (tertiary/aromatic N) is 1. The highest BCUT2D eigenvalue weighted by Gasteiger charge is 2.34. The summed E-state index contributed by atoms with van der Waals surface area (Å²) in [5.41, 5.74) is 0.365. The molecule has 3 unspecified atom stereocenters. The van der Waals surface area contributed by atoms with Crippen LogP contribution in [0.3, 0.4) is 0 Å². The van der Waals surface area contributed by atoms with Crippen molar-refractivity contribution in [1.29, 1.82) is 0 Å². The summed E-state index contributed by atoms with van der Waals surface area (Å²) < 4.78 is 0. The van der Waals surface area contributed by atoms with Crippen LogP contribution in [0.15, 0.2) is 0 Å². The standard InChI is InChI=1S/C13H26N2/c1-4-13(3)10-15(8-7-14-13)12-6-5-11(2)9-12/h11-12,14H,4-10H2,1-3H3. The third-order valence-corrected chi connectivity index (χ3v) is 4.47. The van der Waals surface area contributed by atoms with E-state index in [1.54, 1.807) is 0 Å². The van der Waals surface area contributed by atoms with Crippen molar-refractivity contribution < 1.29 is 0 Å². The molecule has 15 heavy (non-hydrogen) atoms. The van der Waals surface area contributed by atoms with Gasteiger partial charge in [-0.3, -0.25) is 4.90 Å². The van der Waals surface area contributed by atoms with Gasteiger partial charge in [-0.05, 0) is 38.5 Å². The molecule has 1 saturated carbocycles. The Morgan fingerprint density at radius 2 is 2.20 bits per heavy atom. The van der Waals surface area contributed by atoms with Gasteiger partial charge in [0.15, 0.2) is 0 Å². The molecule has 0 spiro atoms. The Kier molecular flexibility index (Phi) is 3.36. The summed E-state index contributed by atoms with van der Waals surface area (Å²) in [4.78, 5) is 2.74. The lowest BCUT2D eigenvalue weighted by atomic mass is 9.94. The summed E-state index contributed by atoms with van der Waals surface area (Å²) in [6.45, 7) is 10.8. The lowest BCUT2D eigenvalue weighted by Crippen LogP contribution is -2.60. The summed E-state index contributed by atoms with van der Waals surface area (Å²) >= 11 is 0. The monoisotopic (exact) mass is 210 g/mol. The Labute approximate surface area is 94.4 Å². The average Bonchev–Trinajstić information content (AvgIpc) is 2.65. The van der Waals surface area contributed by atoms with E-state index >= 15 is 0 Å². The Morgan fingerprint density at radius 3 is 2.80 bits per heavy atom. The minimum atomic E-state index is 0.365. The molecule has 2 rings (SSSR count). The van der Waals surface area contributed by atoms with Gasteiger partial charge in [-0.25, -0.2) is 0 Å². The molecule has 1 heterocycles. The number of nitrogens with one attached hydrogen (secondary N) is 1. The van der Waals surface area contributed by atoms with Gasteiger partial charge in [0.1, 0.15) is 0 Å². The molecule has 2 nitrogen and oxygen atoms in total. The zero-order chi connectivity index (χ0) is 10.9. The van der Waals surface area contributed by atoms with E-state index in [0.29, 0.717) is 5.54 Å². The van der Waals surface area contributed by atoms with Crippen LogP contribution in [0.4, 0.5) is 0 Å². The molecule has 0 amide bonds. The molecule has 2 aliphatic rings. The number of hydrogen-bond donors (Lipinski definition) is 1. The fourth-order valence-electron chi connectivity index (χ4n) is 3.14. The second kappa shape index (κ2) is 4.42. The Hall–Kier alpha value is -0.0800. The number of rotatable bonds is 2. The fourth-order valence-corrected chi connectivity index (χ4v) is 3.14. The lowest BCUT2D eigenvalue weighted by molar-refractivity contribution is 0.0982. The maximum atomic E-state index is 3.67. The highest BCUT2D eigenvalue weighted by molar-refractivity contribution is 4.93. The first-order valence-electron chi connectivity index (χ1n) is 6.62. The van der Waals surface area contributed by atoms with E-state index in [1.165, 1.54) is 45.3 Å². The third kappa shape index (κ3) is 2.54. The van der Waals surface area contributed by atoms with E-state index in [-0.39, 0.29) is 0 Å². The lowest BCUT2D eigenvalue weighted by Gasteiger charge is -2.43. The predicted molar refractivity (Wildman–Crippen MR) is 65.1 cm³/mol. The van der Waals surface area contributed by atoms with Crippen molar-refractivity contribution in [2.24, 2.45) is 5.92 Å². The molecule has 0 bridgehead atoms. The molecule has 3 atom stereocenters. The molecule has 88 valence electrons. The molecule has 0 aromatic heterocycles. The van der Waals surface area contributed by atoms with Crippen molar-refractivity contribution in [2.45, 2.75) is 58.0 Å². The van der Waals surface area contributed by atoms with E-state index in [4.69, 9.17) is 0 Å². The highest BCUT2D eigenvalue weighted by atomic mass is 15.2. The first-order valence-corrected chi connectivity index (χ1v) is 6.62. The molecule has 0 aromatic carbocycles. The van der Waals surface area contributed by atoms with Gasteiger partial charge in [-0.2, -0.15) is 0 Å². The van der Waals surface area contributed by atoms with E-state index in [9.17, 15) is 0 Å². The fraction of sp³-hybridized carbons (Fsp3) is 1.00. The van der Waals surface area contributed by atoms with Crippen molar-refractivity contribution in [3.05, 3.63) is 0 Å². The Morgan fingerprint density at radius 1 is 1.40 bits per heavy atom. The third-order valence-electron chi connectivity index (χ3n) is 4.47. The minimum absolute atomic E-state index is 0.365. The van der Waals surface area contributed by atoms with Crippen molar-refractivity contribution >= 4 is 0 Å². The topological polar surface area (TPSA) is 15.3 Å². The zero-order valence-electron chi connectivity index (χ0n) is 10.6. The smallest absolute Gasteiger partial charge is 0.0278 e. The van der Waals surface area contributed by atoms with Crippen molar-refractivity contribution in [3.63, 3.8) is 0 Å². The van der Waals surface area contributed by atoms with E-state index in [0.717, 1.165) is 12.0 Å². The highest BCUT2D eigenvalue weighted by Crippen LogP contribution is 2.30. The molecule has 2 fully saturated rings. The number of piperazine rings is 1. The van der Waals surface area contributed by atoms with Crippen molar-refractivity contribution in [3.8, 4) is 0 Å². The Bertz CT molecular complexity index is 217. The van der Waals surface area contributed by atoms with Gasteiger partial charge >= 0.3 is 0 Å². The maximum Gasteiger partial charge on any atom is 0.0278 e. The molecule has 0 aromatic rings. The van der Waals surface area contributed by atoms with E-state index in [2.05, 4.69) is 31.0 Å². The van der Waals surface area contributed by atoms with E-state index in [1.807, 2.05) is 0 Å². The van der Waals surface area contributed by atoms with Crippen molar-refractivity contribution in [2.75, 3.05) is 19.6 Å². The maximum absolute atomic E-state index is 3.67. The minimum Gasteiger partial charge on any atom is -0.309 e.